The maximum atomic E-state index is 5.75. The minimum Gasteiger partial charge on any atom is -0.0776 e. The highest BCUT2D eigenvalue weighted by Gasteiger charge is 1.57. The second-order valence-corrected chi connectivity index (χ2v) is 1.15. The zero-order valence-corrected chi connectivity index (χ0v) is 4.46. The van der Waals surface area contributed by atoms with Gasteiger partial charge in [-0.25, -0.2) is 0 Å². The van der Waals surface area contributed by atoms with Gasteiger partial charge in [0.2, 0.25) is 0 Å². The van der Waals surface area contributed by atoms with Crippen molar-refractivity contribution in [2.45, 2.75) is 7.40 Å². The Morgan fingerprint density at radius 1 is 0.714 bits per heavy atom. The zero-order valence-electron chi connectivity index (χ0n) is 5.46. The van der Waals surface area contributed by atoms with Gasteiger partial charge in [-0.1, -0.05) is 43.8 Å². The second kappa shape index (κ2) is 3.41. The van der Waals surface area contributed by atoms with Crippen LogP contribution in [0.25, 0.3) is 0 Å². The smallest absolute Gasteiger partial charge is 0.0194 e. The summed E-state index contributed by atoms with van der Waals surface area (Å²) in [6.45, 7) is 0. The fourth-order valence-electron chi connectivity index (χ4n) is 0.385. The maximum Gasteiger partial charge on any atom is 0.0194 e. The molecule has 0 aliphatic rings. The van der Waals surface area contributed by atoms with Crippen molar-refractivity contribution in [3.05, 3.63) is 36.4 Å². The van der Waals surface area contributed by atoms with Gasteiger partial charge in [0.25, 0.3) is 0 Å². The molecule has 0 nitrogen and oxygen atoms in total. The Morgan fingerprint density at radius 3 is 1.00 bits per heavy atom. The molecule has 0 fully saturated rings. The van der Waals surface area contributed by atoms with Crippen LogP contribution in [0.15, 0.2) is 36.4 Å². The van der Waals surface area contributed by atoms with Gasteiger partial charge in [0, 0.05) is 1.37 Å². The lowest BCUT2D eigenvalue weighted by atomic mass is 10.4. The molecule has 0 bridgehead atoms. The van der Waals surface area contributed by atoms with E-state index in [0.717, 1.165) is 0 Å². The van der Waals surface area contributed by atoms with E-state index in [1.807, 2.05) is 36.4 Å². The van der Waals surface area contributed by atoms with Gasteiger partial charge in [-0.05, 0) is 0 Å². The van der Waals surface area contributed by atoms with Gasteiger partial charge in [-0.2, -0.15) is 0 Å². The summed E-state index contributed by atoms with van der Waals surface area (Å²) in [5, 5.41) is 0. The van der Waals surface area contributed by atoms with E-state index < -0.39 is 0 Å². The second-order valence-electron chi connectivity index (χ2n) is 1.15. The molecular weight excluding hydrogens is 84.1 g/mol. The van der Waals surface area contributed by atoms with Crippen LogP contribution in [0.5, 0.6) is 0 Å². The summed E-state index contributed by atoms with van der Waals surface area (Å²) < 4.78 is 5.75. The third-order valence-electron chi connectivity index (χ3n) is 0.667. The highest BCUT2D eigenvalue weighted by atomic mass is 13.6. The zero-order chi connectivity index (χ0) is 6.24. The van der Waals surface area contributed by atoms with Crippen molar-refractivity contribution in [3.63, 3.8) is 0 Å². The average Bonchev–Trinajstić information content (AvgIpc) is 1.96. The summed E-state index contributed by atoms with van der Waals surface area (Å²) in [6.07, 6.45) is 0. The van der Waals surface area contributed by atoms with Gasteiger partial charge >= 0.3 is 0 Å². The van der Waals surface area contributed by atoms with E-state index in [-0.39, 0.29) is 0 Å². The molecule has 1 rings (SSSR count). The molecule has 0 amide bonds. The Hall–Kier alpha value is -0.780. The average molecular weight is 95.2 g/mol. The molecule has 0 atom stereocenters. The van der Waals surface area contributed by atoms with Crippen LogP contribution in [0.2, 0.25) is 0 Å². The van der Waals surface area contributed by atoms with E-state index >= 15 is 0 Å². The highest BCUT2D eigenvalue weighted by molar-refractivity contribution is 4.99. The van der Waals surface area contributed by atoms with Crippen LogP contribution >= 0.6 is 0 Å². The van der Waals surface area contributed by atoms with E-state index in [2.05, 4.69) is 0 Å². The Labute approximate surface area is 46.2 Å². The Kier molecular flexibility index (Phi) is 2.14. The first-order valence-electron chi connectivity index (χ1n) is 3.00. The molecule has 0 heterocycles. The fraction of sp³-hybridized carbons (Fsp3) is 0.143. The predicted molar refractivity (Wildman–Crippen MR) is 33.2 cm³/mol. The van der Waals surface area contributed by atoms with Crippen molar-refractivity contribution < 1.29 is 1.37 Å². The molecule has 1 aromatic carbocycles. The minimum atomic E-state index is 1.25. The van der Waals surface area contributed by atoms with Gasteiger partial charge in [-0.3, -0.25) is 0 Å². The molecule has 1 aromatic rings. The third-order valence-corrected chi connectivity index (χ3v) is 0.667. The SMILES string of the molecule is [2H]C.c1ccccc1. The van der Waals surface area contributed by atoms with Crippen molar-refractivity contribution in [1.29, 1.82) is 0 Å². The van der Waals surface area contributed by atoms with Crippen molar-refractivity contribution in [3.8, 4) is 0 Å². The van der Waals surface area contributed by atoms with E-state index in [9.17, 15) is 0 Å². The molecule has 0 spiro atoms. The lowest BCUT2D eigenvalue weighted by Gasteiger charge is -1.69. The van der Waals surface area contributed by atoms with E-state index in [4.69, 9.17) is 1.37 Å². The topological polar surface area (TPSA) is 0 Å². The summed E-state index contributed by atoms with van der Waals surface area (Å²) in [4.78, 5) is 0. The van der Waals surface area contributed by atoms with Crippen LogP contribution in [0.4, 0.5) is 0 Å². The molecule has 0 aliphatic heterocycles. The van der Waals surface area contributed by atoms with E-state index in [1.165, 1.54) is 7.40 Å². The molecule has 0 saturated carbocycles. The number of rotatable bonds is 0. The van der Waals surface area contributed by atoms with Crippen LogP contribution in [-0.4, -0.2) is 0 Å². The molecule has 0 N–H and O–H groups in total. The highest BCUT2D eigenvalue weighted by Crippen LogP contribution is 1.79. The van der Waals surface area contributed by atoms with Gasteiger partial charge < -0.3 is 0 Å². The van der Waals surface area contributed by atoms with Gasteiger partial charge in [-0.15, -0.1) is 0 Å². The molecule has 0 saturated heterocycles. The number of hydrogen-bond donors (Lipinski definition) is 0. The van der Waals surface area contributed by atoms with Crippen molar-refractivity contribution in [2.24, 2.45) is 0 Å². The molecule has 38 valence electrons. The molecule has 0 aromatic heterocycles. The summed E-state index contributed by atoms with van der Waals surface area (Å²) in [7, 11) is 1.25. The standard InChI is InChI=1S/C6H6.CH4/c1-2-4-6-5-3-1;/h1-6H;1H4/i;1D. The summed E-state index contributed by atoms with van der Waals surface area (Å²) in [5.41, 5.74) is 0. The van der Waals surface area contributed by atoms with Crippen LogP contribution < -0.4 is 0 Å². The Bertz CT molecular complexity index is 76.3. The molecular formula is C7H10. The Balaban J connectivity index is 0.000000222. The quantitative estimate of drug-likeness (QED) is 0.464. The lowest BCUT2D eigenvalue weighted by Crippen LogP contribution is -1.47. The van der Waals surface area contributed by atoms with E-state index in [1.54, 1.807) is 0 Å². The minimum absolute atomic E-state index is 1.25. The van der Waals surface area contributed by atoms with Crippen LogP contribution in [0.1, 0.15) is 8.77 Å². The van der Waals surface area contributed by atoms with Crippen molar-refractivity contribution in [1.82, 2.24) is 0 Å². The summed E-state index contributed by atoms with van der Waals surface area (Å²) >= 11 is 0. The van der Waals surface area contributed by atoms with Gasteiger partial charge in [0.15, 0.2) is 0 Å². The molecule has 0 heteroatoms. The van der Waals surface area contributed by atoms with Gasteiger partial charge in [0.1, 0.15) is 0 Å². The summed E-state index contributed by atoms with van der Waals surface area (Å²) in [5.74, 6) is 0. The van der Waals surface area contributed by atoms with Crippen LogP contribution in [0, 0.1) is 0 Å². The largest absolute Gasteiger partial charge is 0.0776 e. The maximum absolute atomic E-state index is 5.75. The molecule has 0 unspecified atom stereocenters. The van der Waals surface area contributed by atoms with Gasteiger partial charge in [0.05, 0.1) is 0 Å². The predicted octanol–water partition coefficient (Wildman–Crippen LogP) is 2.32. The van der Waals surface area contributed by atoms with Crippen LogP contribution in [0.3, 0.4) is 0 Å². The number of benzene rings is 1. The van der Waals surface area contributed by atoms with Crippen molar-refractivity contribution >= 4 is 0 Å². The van der Waals surface area contributed by atoms with Crippen LogP contribution in [-0.2, 0) is 0 Å². The van der Waals surface area contributed by atoms with Crippen molar-refractivity contribution in [2.75, 3.05) is 0 Å². The first kappa shape index (κ1) is 4.38. The lowest BCUT2D eigenvalue weighted by molar-refractivity contribution is 1.72. The molecule has 7 heavy (non-hydrogen) atoms. The first-order chi connectivity index (χ1) is 4.00. The monoisotopic (exact) mass is 95.1 g/mol. The summed E-state index contributed by atoms with van der Waals surface area (Å²) in [6, 6.07) is 12.0. The fourth-order valence-corrected chi connectivity index (χ4v) is 0.385. The molecule has 0 aliphatic carbocycles. The normalized spacial score (nSPS) is 7.86. The Morgan fingerprint density at radius 2 is 0.857 bits per heavy atom. The number of hydrogen-bond acceptors (Lipinski definition) is 0. The molecule has 0 radical (unpaired) electrons. The van der Waals surface area contributed by atoms with E-state index in [0.29, 0.717) is 0 Å². The third kappa shape index (κ3) is 1.99. The first-order valence-corrected chi connectivity index (χ1v) is 2.00.